The fourth-order valence-electron chi connectivity index (χ4n) is 1.26. The van der Waals surface area contributed by atoms with Gasteiger partial charge >= 0.3 is 0 Å². The first-order valence-corrected chi connectivity index (χ1v) is 4.21. The summed E-state index contributed by atoms with van der Waals surface area (Å²) in [5, 5.41) is 0. The van der Waals surface area contributed by atoms with Crippen molar-refractivity contribution >= 4 is 17.7 Å². The molecule has 0 radical (unpaired) electrons. The lowest BCUT2D eigenvalue weighted by Gasteiger charge is -2.26. The Kier molecular flexibility index (Phi) is 1.77. The van der Waals surface area contributed by atoms with Crippen molar-refractivity contribution in [3.63, 3.8) is 0 Å². The highest BCUT2D eigenvalue weighted by Crippen LogP contribution is 2.30. The molecular weight excluding hydrogens is 172 g/mol. The van der Waals surface area contributed by atoms with Gasteiger partial charge in [-0.1, -0.05) is 11.6 Å². The van der Waals surface area contributed by atoms with Crippen molar-refractivity contribution in [1.82, 2.24) is 9.88 Å². The van der Waals surface area contributed by atoms with Crippen LogP contribution in [0.2, 0.25) is 0 Å². The molecule has 1 aromatic rings. The lowest BCUT2D eigenvalue weighted by atomic mass is 10.1. The van der Waals surface area contributed by atoms with Crippen LogP contribution in [-0.4, -0.2) is 16.9 Å². The van der Waals surface area contributed by atoms with Gasteiger partial charge < -0.3 is 4.90 Å². The van der Waals surface area contributed by atoms with Crippen LogP contribution in [0.5, 0.6) is 0 Å². The van der Waals surface area contributed by atoms with Crippen LogP contribution in [0.3, 0.4) is 0 Å². The Balaban J connectivity index is 2.52. The Morgan fingerprint density at radius 3 is 3.25 bits per heavy atom. The first kappa shape index (κ1) is 7.62. The summed E-state index contributed by atoms with van der Waals surface area (Å²) in [6.07, 6.45) is 7.60. The van der Waals surface area contributed by atoms with Crippen molar-refractivity contribution < 1.29 is 0 Å². The fraction of sp³-hybridized carbons (Fsp3) is 0.222. The molecule has 0 N–H and O–H groups in total. The summed E-state index contributed by atoms with van der Waals surface area (Å²) in [4.78, 5) is 5.99. The monoisotopic (exact) mass is 180 g/mol. The molecule has 1 aliphatic rings. The summed E-state index contributed by atoms with van der Waals surface area (Å²) in [6.45, 7) is 0. The van der Waals surface area contributed by atoms with Gasteiger partial charge in [-0.3, -0.25) is 4.98 Å². The number of alkyl halides is 1. The number of hydrogen-bond donors (Lipinski definition) is 0. The lowest BCUT2D eigenvalue weighted by Crippen LogP contribution is -2.17. The molecule has 0 aromatic carbocycles. The Morgan fingerprint density at radius 1 is 1.58 bits per heavy atom. The molecule has 1 atom stereocenters. The van der Waals surface area contributed by atoms with E-state index in [1.54, 1.807) is 6.20 Å². The van der Waals surface area contributed by atoms with Crippen LogP contribution in [0, 0.1) is 0 Å². The summed E-state index contributed by atoms with van der Waals surface area (Å²) < 4.78 is 0. The number of aromatic nitrogens is 1. The van der Waals surface area contributed by atoms with E-state index in [-0.39, 0.29) is 5.50 Å². The van der Waals surface area contributed by atoms with E-state index in [0.717, 1.165) is 11.1 Å². The van der Waals surface area contributed by atoms with E-state index in [9.17, 15) is 0 Å². The minimum atomic E-state index is -0.0845. The highest BCUT2D eigenvalue weighted by Gasteiger charge is 2.17. The molecule has 0 aliphatic carbocycles. The number of rotatable bonds is 0. The first-order chi connectivity index (χ1) is 5.79. The maximum absolute atomic E-state index is 6.13. The molecule has 0 bridgehead atoms. The van der Waals surface area contributed by atoms with E-state index in [2.05, 4.69) is 4.98 Å². The number of fused-ring (bicyclic) bond motifs is 1. The van der Waals surface area contributed by atoms with E-state index in [0.29, 0.717) is 0 Å². The van der Waals surface area contributed by atoms with Gasteiger partial charge in [0, 0.05) is 31.2 Å². The largest absolute Gasteiger partial charge is 0.361 e. The standard InChI is InChI=1S/C9H9ClN2/c1-12-5-3-7-2-4-11-6-8(7)9(12)10/h2-6,9H,1H3. The van der Waals surface area contributed by atoms with Crippen LogP contribution in [0.4, 0.5) is 0 Å². The predicted octanol–water partition coefficient (Wildman–Crippen LogP) is 2.24. The molecule has 1 unspecified atom stereocenters. The van der Waals surface area contributed by atoms with E-state index >= 15 is 0 Å². The molecule has 3 heteroatoms. The van der Waals surface area contributed by atoms with Crippen molar-refractivity contribution in [3.8, 4) is 0 Å². The maximum Gasteiger partial charge on any atom is 0.131 e. The van der Waals surface area contributed by atoms with E-state index in [4.69, 9.17) is 11.6 Å². The van der Waals surface area contributed by atoms with Gasteiger partial charge in [0.25, 0.3) is 0 Å². The average Bonchev–Trinajstić information content (AvgIpc) is 2.12. The van der Waals surface area contributed by atoms with Crippen molar-refractivity contribution in [2.75, 3.05) is 7.05 Å². The summed E-state index contributed by atoms with van der Waals surface area (Å²) in [6, 6.07) is 1.97. The zero-order valence-corrected chi connectivity index (χ0v) is 7.49. The SMILES string of the molecule is CN1C=Cc2ccncc2C1Cl. The summed E-state index contributed by atoms with van der Waals surface area (Å²) in [5.74, 6) is 0. The van der Waals surface area contributed by atoms with Crippen LogP contribution in [0.25, 0.3) is 6.08 Å². The zero-order chi connectivity index (χ0) is 8.55. The third-order valence-electron chi connectivity index (χ3n) is 1.99. The molecule has 0 saturated carbocycles. The minimum Gasteiger partial charge on any atom is -0.361 e. The van der Waals surface area contributed by atoms with Crippen molar-refractivity contribution in [3.05, 3.63) is 35.8 Å². The molecule has 2 nitrogen and oxygen atoms in total. The Morgan fingerprint density at radius 2 is 2.42 bits per heavy atom. The lowest BCUT2D eigenvalue weighted by molar-refractivity contribution is 0.427. The van der Waals surface area contributed by atoms with Crippen LogP contribution in [-0.2, 0) is 0 Å². The van der Waals surface area contributed by atoms with Gasteiger partial charge in [0.15, 0.2) is 0 Å². The minimum absolute atomic E-state index is 0.0845. The van der Waals surface area contributed by atoms with E-state index in [1.165, 1.54) is 0 Å². The van der Waals surface area contributed by atoms with E-state index < -0.39 is 0 Å². The van der Waals surface area contributed by atoms with E-state index in [1.807, 2.05) is 36.5 Å². The number of pyridine rings is 1. The summed E-state index contributed by atoms with van der Waals surface area (Å²) >= 11 is 6.13. The van der Waals surface area contributed by atoms with Gasteiger partial charge in [-0.2, -0.15) is 0 Å². The molecule has 0 amide bonds. The highest BCUT2D eigenvalue weighted by atomic mass is 35.5. The van der Waals surface area contributed by atoms with Gasteiger partial charge in [-0.15, -0.1) is 0 Å². The van der Waals surface area contributed by atoms with Crippen LogP contribution in [0.1, 0.15) is 16.6 Å². The summed E-state index contributed by atoms with van der Waals surface area (Å²) in [7, 11) is 1.95. The Hall–Kier alpha value is -1.02. The van der Waals surface area contributed by atoms with Crippen LogP contribution in [0.15, 0.2) is 24.7 Å². The zero-order valence-electron chi connectivity index (χ0n) is 6.74. The second kappa shape index (κ2) is 2.79. The van der Waals surface area contributed by atoms with Crippen LogP contribution < -0.4 is 0 Å². The quantitative estimate of drug-likeness (QED) is 0.450. The first-order valence-electron chi connectivity index (χ1n) is 3.77. The Labute approximate surface area is 76.5 Å². The molecule has 1 aliphatic heterocycles. The molecule has 2 heterocycles. The normalized spacial score (nSPS) is 20.8. The number of nitrogens with zero attached hydrogens (tertiary/aromatic N) is 2. The maximum atomic E-state index is 6.13. The third-order valence-corrected chi connectivity index (χ3v) is 2.53. The number of hydrogen-bond acceptors (Lipinski definition) is 2. The van der Waals surface area contributed by atoms with Crippen molar-refractivity contribution in [1.29, 1.82) is 0 Å². The molecule has 1 aromatic heterocycles. The summed E-state index contributed by atoms with van der Waals surface area (Å²) in [5.41, 5.74) is 2.14. The second-order valence-electron chi connectivity index (χ2n) is 2.82. The van der Waals surface area contributed by atoms with Crippen LogP contribution >= 0.6 is 11.6 Å². The van der Waals surface area contributed by atoms with Gasteiger partial charge in [0.1, 0.15) is 5.50 Å². The van der Waals surface area contributed by atoms with Gasteiger partial charge in [-0.05, 0) is 17.7 Å². The smallest absolute Gasteiger partial charge is 0.131 e. The molecule has 62 valence electrons. The molecular formula is C9H9ClN2. The molecule has 0 spiro atoms. The highest BCUT2D eigenvalue weighted by molar-refractivity contribution is 6.21. The Bertz CT molecular complexity index is 322. The third kappa shape index (κ3) is 1.08. The van der Waals surface area contributed by atoms with Crippen molar-refractivity contribution in [2.45, 2.75) is 5.50 Å². The molecule has 0 saturated heterocycles. The molecule has 0 fully saturated rings. The van der Waals surface area contributed by atoms with Gasteiger partial charge in [0.05, 0.1) is 0 Å². The average molecular weight is 181 g/mol. The van der Waals surface area contributed by atoms with Gasteiger partial charge in [-0.25, -0.2) is 0 Å². The fourth-order valence-corrected chi connectivity index (χ4v) is 1.51. The molecule has 2 rings (SSSR count). The predicted molar refractivity (Wildman–Crippen MR) is 49.6 cm³/mol. The topological polar surface area (TPSA) is 16.1 Å². The van der Waals surface area contributed by atoms with Gasteiger partial charge in [0.2, 0.25) is 0 Å². The number of halogens is 1. The van der Waals surface area contributed by atoms with Crippen molar-refractivity contribution in [2.24, 2.45) is 0 Å². The molecule has 12 heavy (non-hydrogen) atoms. The second-order valence-corrected chi connectivity index (χ2v) is 3.23.